The third-order valence-electron chi connectivity index (χ3n) is 3.81. The molecule has 0 saturated carbocycles. The largest absolute Gasteiger partial charge is 0.382 e. The van der Waals surface area contributed by atoms with Crippen molar-refractivity contribution in [2.24, 2.45) is 10.9 Å². The molecule has 1 rings (SSSR count). The van der Waals surface area contributed by atoms with Crippen molar-refractivity contribution < 1.29 is 17.9 Å². The molecule has 0 aromatic carbocycles. The molecule has 0 radical (unpaired) electrons. The molecule has 0 aliphatic carbocycles. The van der Waals surface area contributed by atoms with Gasteiger partial charge in [-0.1, -0.05) is 6.92 Å². The lowest BCUT2D eigenvalue weighted by molar-refractivity contribution is 0.0536. The molecule has 0 aromatic heterocycles. The second kappa shape index (κ2) is 10.8. The van der Waals surface area contributed by atoms with E-state index >= 15 is 0 Å². The fourth-order valence-electron chi connectivity index (χ4n) is 2.41. The molecule has 1 aliphatic heterocycles. The fraction of sp³-hybridized carbons (Fsp3) is 0.933. The minimum Gasteiger partial charge on any atom is -0.382 e. The van der Waals surface area contributed by atoms with Crippen LogP contribution in [0.5, 0.6) is 0 Å². The topological polar surface area (TPSA) is 80.2 Å². The second-order valence-electron chi connectivity index (χ2n) is 5.64. The van der Waals surface area contributed by atoms with Gasteiger partial charge in [0, 0.05) is 38.4 Å². The summed E-state index contributed by atoms with van der Waals surface area (Å²) in [5, 5.41) is 3.25. The predicted molar refractivity (Wildman–Crippen MR) is 92.7 cm³/mol. The first-order valence-corrected chi connectivity index (χ1v) is 10.1. The van der Waals surface area contributed by atoms with Gasteiger partial charge >= 0.3 is 0 Å². The fourth-order valence-corrected chi connectivity index (χ4v) is 3.07. The molecule has 8 heteroatoms. The van der Waals surface area contributed by atoms with Gasteiger partial charge in [0.15, 0.2) is 15.8 Å². The van der Waals surface area contributed by atoms with Crippen molar-refractivity contribution in [1.82, 2.24) is 10.2 Å². The van der Waals surface area contributed by atoms with Gasteiger partial charge < -0.3 is 19.7 Å². The van der Waals surface area contributed by atoms with E-state index in [1.165, 1.54) is 0 Å². The molecule has 0 aromatic rings. The molecule has 23 heavy (non-hydrogen) atoms. The average molecular weight is 349 g/mol. The first kappa shape index (κ1) is 20.2. The second-order valence-corrected chi connectivity index (χ2v) is 8.11. The molecule has 1 aliphatic rings. The number of nitrogens with one attached hydrogen (secondary N) is 1. The van der Waals surface area contributed by atoms with Crippen LogP contribution >= 0.6 is 0 Å². The highest BCUT2D eigenvalue weighted by Gasteiger charge is 2.25. The summed E-state index contributed by atoms with van der Waals surface area (Å²) in [6.45, 7) is 8.53. The van der Waals surface area contributed by atoms with E-state index in [0.717, 1.165) is 38.6 Å². The lowest BCUT2D eigenvalue weighted by Crippen LogP contribution is -2.40. The number of hydrogen-bond donors (Lipinski definition) is 1. The van der Waals surface area contributed by atoms with Gasteiger partial charge in [-0.05, 0) is 13.3 Å². The van der Waals surface area contributed by atoms with Gasteiger partial charge in [0.1, 0.15) is 0 Å². The number of methoxy groups -OCH3 is 1. The van der Waals surface area contributed by atoms with Crippen LogP contribution < -0.4 is 5.32 Å². The Labute approximate surface area is 140 Å². The van der Waals surface area contributed by atoms with Crippen molar-refractivity contribution >= 4 is 15.8 Å². The van der Waals surface area contributed by atoms with E-state index in [2.05, 4.69) is 15.2 Å². The maximum absolute atomic E-state index is 11.6. The zero-order valence-corrected chi connectivity index (χ0v) is 15.4. The van der Waals surface area contributed by atoms with Gasteiger partial charge in [-0.3, -0.25) is 4.99 Å². The molecule has 136 valence electrons. The monoisotopic (exact) mass is 349 g/mol. The number of aliphatic imine (C=N–C) groups is 1. The highest BCUT2D eigenvalue weighted by atomic mass is 32.2. The van der Waals surface area contributed by atoms with E-state index in [9.17, 15) is 8.42 Å². The van der Waals surface area contributed by atoms with Crippen LogP contribution in [0.2, 0.25) is 0 Å². The Kier molecular flexibility index (Phi) is 9.50. The molecule has 0 spiro atoms. The van der Waals surface area contributed by atoms with Crippen molar-refractivity contribution in [3.05, 3.63) is 0 Å². The Morgan fingerprint density at radius 2 is 2.13 bits per heavy atom. The maximum atomic E-state index is 11.6. The van der Waals surface area contributed by atoms with E-state index in [1.54, 1.807) is 14.0 Å². The lowest BCUT2D eigenvalue weighted by atomic mass is 10.1. The van der Waals surface area contributed by atoms with Crippen LogP contribution in [0.1, 0.15) is 20.3 Å². The summed E-state index contributed by atoms with van der Waals surface area (Å²) in [5.41, 5.74) is 0. The highest BCUT2D eigenvalue weighted by Crippen LogP contribution is 2.16. The zero-order valence-electron chi connectivity index (χ0n) is 14.6. The first-order valence-electron chi connectivity index (χ1n) is 8.32. The van der Waals surface area contributed by atoms with Gasteiger partial charge in [-0.2, -0.15) is 0 Å². The van der Waals surface area contributed by atoms with Crippen molar-refractivity contribution in [1.29, 1.82) is 0 Å². The van der Waals surface area contributed by atoms with Gasteiger partial charge in [0.05, 0.1) is 32.1 Å². The maximum Gasteiger partial charge on any atom is 0.193 e. The van der Waals surface area contributed by atoms with Crippen LogP contribution in [0.3, 0.4) is 0 Å². The van der Waals surface area contributed by atoms with Crippen molar-refractivity contribution in [3.63, 3.8) is 0 Å². The van der Waals surface area contributed by atoms with Crippen LogP contribution in [0, 0.1) is 5.92 Å². The smallest absolute Gasteiger partial charge is 0.193 e. The summed E-state index contributed by atoms with van der Waals surface area (Å²) in [6, 6.07) is 0. The number of nitrogens with zero attached hydrogens (tertiary/aromatic N) is 2. The van der Waals surface area contributed by atoms with E-state index in [1.807, 2.05) is 6.92 Å². The molecule has 1 fully saturated rings. The average Bonchev–Trinajstić information content (AvgIpc) is 2.99. The van der Waals surface area contributed by atoms with Crippen molar-refractivity contribution in [3.8, 4) is 0 Å². The molecule has 1 saturated heterocycles. The van der Waals surface area contributed by atoms with Crippen LogP contribution in [-0.2, 0) is 19.3 Å². The Morgan fingerprint density at radius 3 is 2.78 bits per heavy atom. The quantitative estimate of drug-likeness (QED) is 0.349. The molecule has 7 nitrogen and oxygen atoms in total. The summed E-state index contributed by atoms with van der Waals surface area (Å²) < 4.78 is 33.7. The molecule has 0 amide bonds. The van der Waals surface area contributed by atoms with Gasteiger partial charge in [0.25, 0.3) is 0 Å². The number of likely N-dealkylation sites (tertiary alicyclic amines) is 1. The summed E-state index contributed by atoms with van der Waals surface area (Å²) in [4.78, 5) is 6.65. The van der Waals surface area contributed by atoms with Crippen LogP contribution in [0.25, 0.3) is 0 Å². The number of guanidine groups is 1. The minimum absolute atomic E-state index is 0.107. The molecule has 1 unspecified atom stereocenters. The zero-order chi connectivity index (χ0) is 17.1. The minimum atomic E-state index is -2.97. The summed E-state index contributed by atoms with van der Waals surface area (Å²) >= 11 is 0. The Bertz CT molecular complexity index is 454. The number of rotatable bonds is 10. The molecule has 1 atom stereocenters. The van der Waals surface area contributed by atoms with Gasteiger partial charge in [0.2, 0.25) is 0 Å². The molecular formula is C15H31N3O4S. The summed E-state index contributed by atoms with van der Waals surface area (Å²) in [5.74, 6) is 1.56. The van der Waals surface area contributed by atoms with E-state index in [0.29, 0.717) is 25.7 Å². The van der Waals surface area contributed by atoms with Gasteiger partial charge in [-0.15, -0.1) is 0 Å². The normalized spacial score (nSPS) is 19.3. The van der Waals surface area contributed by atoms with E-state index < -0.39 is 9.84 Å². The summed E-state index contributed by atoms with van der Waals surface area (Å²) in [7, 11) is -1.30. The highest BCUT2D eigenvalue weighted by molar-refractivity contribution is 7.91. The Balaban J connectivity index is 2.45. The lowest BCUT2D eigenvalue weighted by Gasteiger charge is -2.21. The van der Waals surface area contributed by atoms with E-state index in [-0.39, 0.29) is 11.5 Å². The van der Waals surface area contributed by atoms with Crippen LogP contribution in [0.15, 0.2) is 4.99 Å². The number of ether oxygens (including phenoxy) is 2. The third kappa shape index (κ3) is 7.99. The van der Waals surface area contributed by atoms with Crippen LogP contribution in [-0.4, -0.2) is 83.9 Å². The van der Waals surface area contributed by atoms with Crippen molar-refractivity contribution in [2.45, 2.75) is 20.3 Å². The van der Waals surface area contributed by atoms with Crippen molar-refractivity contribution in [2.75, 3.05) is 64.6 Å². The molecule has 0 bridgehead atoms. The number of hydrogen-bond acceptors (Lipinski definition) is 5. The summed E-state index contributed by atoms with van der Waals surface area (Å²) in [6.07, 6.45) is 1.06. The Morgan fingerprint density at radius 1 is 1.35 bits per heavy atom. The van der Waals surface area contributed by atoms with Gasteiger partial charge in [-0.25, -0.2) is 8.42 Å². The predicted octanol–water partition coefficient (Wildman–Crippen LogP) is 0.372. The van der Waals surface area contributed by atoms with E-state index in [4.69, 9.17) is 9.47 Å². The molecular weight excluding hydrogens is 318 g/mol. The Hall–Kier alpha value is -0.860. The van der Waals surface area contributed by atoms with Crippen LogP contribution in [0.4, 0.5) is 0 Å². The molecule has 1 N–H and O–H groups in total. The SMILES string of the molecule is CCNC(=NCCS(=O)(=O)CC)N1CCC(COCCOC)C1. The first-order chi connectivity index (χ1) is 11.0. The standard InChI is InChI=1S/C15H31N3O4S/c1-4-16-15(17-7-11-23(19,20)5-2)18-8-6-14(12-18)13-22-10-9-21-3/h14H,4-13H2,1-3H3,(H,16,17). The third-order valence-corrected chi connectivity index (χ3v) is 5.49. The molecule has 1 heterocycles. The number of sulfone groups is 1.